The van der Waals surface area contributed by atoms with Gasteiger partial charge in [-0.25, -0.2) is 0 Å². The minimum atomic E-state index is -1.62. The van der Waals surface area contributed by atoms with Crippen molar-refractivity contribution in [1.29, 1.82) is 0 Å². The van der Waals surface area contributed by atoms with Crippen LogP contribution in [0, 0.1) is 23.2 Å². The van der Waals surface area contributed by atoms with Crippen molar-refractivity contribution in [1.82, 2.24) is 0 Å². The number of carbonyl (C=O) groups is 1. The van der Waals surface area contributed by atoms with E-state index in [1.165, 1.54) is 24.0 Å². The Balaban J connectivity index is 1.74. The Hall–Kier alpha value is -1.19. The van der Waals surface area contributed by atoms with Gasteiger partial charge in [-0.1, -0.05) is 44.2 Å². The summed E-state index contributed by atoms with van der Waals surface area (Å²) in [4.78, 5) is 12.4. The van der Waals surface area contributed by atoms with Gasteiger partial charge in [0.25, 0.3) is 0 Å². The summed E-state index contributed by atoms with van der Waals surface area (Å²) in [5, 5.41) is 0. The van der Waals surface area contributed by atoms with E-state index in [-0.39, 0.29) is 11.0 Å². The Labute approximate surface area is 179 Å². The lowest BCUT2D eigenvalue weighted by molar-refractivity contribution is -0.129. The predicted octanol–water partition coefficient (Wildman–Crippen LogP) is 7.21. The molecule has 0 saturated heterocycles. The number of carbonyl (C=O) groups excluding carboxylic acids is 1. The molecule has 1 aromatic rings. The fraction of sp³-hybridized carbons (Fsp3) is 0.654. The van der Waals surface area contributed by atoms with Gasteiger partial charge >= 0.3 is 0 Å². The molecular formula is C26H40O2Si. The average Bonchev–Trinajstić information content (AvgIpc) is 2.96. The van der Waals surface area contributed by atoms with E-state index in [1.807, 2.05) is 0 Å². The largest absolute Gasteiger partial charge is 0.409 e. The second-order valence-electron chi connectivity index (χ2n) is 11.1. The topological polar surface area (TPSA) is 26.3 Å². The van der Waals surface area contributed by atoms with Crippen molar-refractivity contribution in [3.8, 4) is 0 Å². The van der Waals surface area contributed by atoms with Gasteiger partial charge in [0.05, 0.1) is 5.60 Å². The molecule has 0 spiro atoms. The molecule has 29 heavy (non-hydrogen) atoms. The normalized spacial score (nSPS) is 29.3. The summed E-state index contributed by atoms with van der Waals surface area (Å²) in [6, 6.07) is 8.77. The van der Waals surface area contributed by atoms with Gasteiger partial charge in [0, 0.05) is 12.3 Å². The first-order chi connectivity index (χ1) is 13.4. The van der Waals surface area contributed by atoms with Crippen molar-refractivity contribution in [3.63, 3.8) is 0 Å². The molecule has 160 valence electrons. The van der Waals surface area contributed by atoms with Gasteiger partial charge in [-0.2, -0.15) is 0 Å². The van der Waals surface area contributed by atoms with Gasteiger partial charge in [0.15, 0.2) is 8.32 Å². The highest BCUT2D eigenvalue weighted by Gasteiger charge is 2.51. The monoisotopic (exact) mass is 412 g/mol. The van der Waals surface area contributed by atoms with Crippen LogP contribution in [-0.4, -0.2) is 14.1 Å². The summed E-state index contributed by atoms with van der Waals surface area (Å²) < 4.78 is 6.44. The van der Waals surface area contributed by atoms with Gasteiger partial charge in [-0.15, -0.1) is 0 Å². The lowest BCUT2D eigenvalue weighted by Gasteiger charge is -2.41. The molecule has 2 aliphatic rings. The van der Waals surface area contributed by atoms with E-state index in [4.69, 9.17) is 4.43 Å². The molecule has 1 aromatic carbocycles. The number of benzene rings is 1. The van der Waals surface area contributed by atoms with Gasteiger partial charge in [0.2, 0.25) is 0 Å². The summed E-state index contributed by atoms with van der Waals surface area (Å²) in [6.45, 7) is 15.8. The third-order valence-electron chi connectivity index (χ3n) is 7.31. The second-order valence-corrected chi connectivity index (χ2v) is 15.6. The highest BCUT2D eigenvalue weighted by Crippen LogP contribution is 2.56. The fourth-order valence-electron chi connectivity index (χ4n) is 6.07. The third-order valence-corrected chi connectivity index (χ3v) is 8.43. The van der Waals surface area contributed by atoms with Crippen LogP contribution in [0.5, 0.6) is 0 Å². The molecule has 0 N–H and O–H groups in total. The lowest BCUT2D eigenvalue weighted by Crippen LogP contribution is -2.39. The molecule has 1 unspecified atom stereocenters. The Morgan fingerprint density at radius 2 is 1.97 bits per heavy atom. The van der Waals surface area contributed by atoms with Crippen molar-refractivity contribution in [2.24, 2.45) is 23.2 Å². The van der Waals surface area contributed by atoms with Gasteiger partial charge in [-0.05, 0) is 93.6 Å². The maximum Gasteiger partial charge on any atom is 0.184 e. The van der Waals surface area contributed by atoms with E-state index >= 15 is 0 Å². The Morgan fingerprint density at radius 3 is 2.66 bits per heavy atom. The molecule has 2 nitrogen and oxygen atoms in total. The standard InChI is InChI=1S/C26H40O2Si/c1-19(22-15-16-23-24(27)12-9-17-26(22,23)4)13-14-20-10-8-11-21(18-20)25(2,3)28-29(5,6)7/h8,10-11,13-14,18-19,22-23H,9,12,15-17H2,1-7H3/b14-13+/t19-,22-,23?,26-/m1/s1. The number of Topliss-reactive ketones (excluding diaryl/α,β-unsaturated/α-hetero) is 1. The fourth-order valence-corrected chi connectivity index (χ4v) is 7.72. The van der Waals surface area contributed by atoms with Crippen molar-refractivity contribution < 1.29 is 9.22 Å². The van der Waals surface area contributed by atoms with Crippen LogP contribution in [0.15, 0.2) is 30.3 Å². The molecule has 0 heterocycles. The number of rotatable bonds is 6. The van der Waals surface area contributed by atoms with Crippen molar-refractivity contribution in [2.45, 2.75) is 85.0 Å². The SMILES string of the molecule is C[C@H](/C=C/c1cccc(C(C)(C)O[Si](C)(C)C)c1)[C@H]1CCC2C(=O)CCC[C@@]21C. The number of ketones is 1. The maximum absolute atomic E-state index is 12.4. The van der Waals surface area contributed by atoms with Gasteiger partial charge in [0.1, 0.15) is 5.78 Å². The lowest BCUT2D eigenvalue weighted by atomic mass is 9.62. The predicted molar refractivity (Wildman–Crippen MR) is 125 cm³/mol. The molecule has 0 aromatic heterocycles. The second kappa shape index (κ2) is 8.15. The van der Waals surface area contributed by atoms with Crippen LogP contribution in [0.2, 0.25) is 19.6 Å². The van der Waals surface area contributed by atoms with Crippen molar-refractivity contribution in [3.05, 3.63) is 41.5 Å². The Bertz CT molecular complexity index is 773. The molecule has 3 rings (SSSR count). The van der Waals surface area contributed by atoms with Crippen molar-refractivity contribution in [2.75, 3.05) is 0 Å². The van der Waals surface area contributed by atoms with Crippen LogP contribution < -0.4 is 0 Å². The summed E-state index contributed by atoms with van der Waals surface area (Å²) in [5.41, 5.74) is 2.41. The van der Waals surface area contributed by atoms with Crippen molar-refractivity contribution >= 4 is 20.2 Å². The first-order valence-corrected chi connectivity index (χ1v) is 14.8. The number of allylic oxidation sites excluding steroid dienone is 1. The molecule has 0 bridgehead atoms. The molecule has 0 amide bonds. The van der Waals surface area contributed by atoms with Crippen LogP contribution in [0.25, 0.3) is 6.08 Å². The Morgan fingerprint density at radius 1 is 1.24 bits per heavy atom. The summed E-state index contributed by atoms with van der Waals surface area (Å²) in [7, 11) is -1.62. The summed E-state index contributed by atoms with van der Waals surface area (Å²) >= 11 is 0. The first-order valence-electron chi connectivity index (χ1n) is 11.4. The van der Waals surface area contributed by atoms with Gasteiger partial charge < -0.3 is 4.43 Å². The van der Waals surface area contributed by atoms with E-state index in [2.05, 4.69) is 83.8 Å². The van der Waals surface area contributed by atoms with Crippen LogP contribution >= 0.6 is 0 Å². The van der Waals surface area contributed by atoms with Crippen LogP contribution in [0.1, 0.15) is 70.9 Å². The van der Waals surface area contributed by atoms with Gasteiger partial charge in [-0.3, -0.25) is 4.79 Å². The maximum atomic E-state index is 12.4. The van der Waals surface area contributed by atoms with E-state index in [9.17, 15) is 4.79 Å². The van der Waals surface area contributed by atoms with E-state index < -0.39 is 8.32 Å². The molecule has 2 saturated carbocycles. The summed E-state index contributed by atoms with van der Waals surface area (Å²) in [5.74, 6) is 1.93. The smallest absolute Gasteiger partial charge is 0.184 e. The van der Waals surface area contributed by atoms with Crippen LogP contribution in [-0.2, 0) is 14.8 Å². The number of hydrogen-bond donors (Lipinski definition) is 0. The number of fused-ring (bicyclic) bond motifs is 1. The first kappa shape index (κ1) is 22.5. The molecule has 0 aliphatic heterocycles. The average molecular weight is 413 g/mol. The van der Waals surface area contributed by atoms with Crippen LogP contribution in [0.4, 0.5) is 0 Å². The number of hydrogen-bond acceptors (Lipinski definition) is 2. The quantitative estimate of drug-likeness (QED) is 0.461. The Kier molecular flexibility index (Phi) is 6.32. The molecule has 0 radical (unpaired) electrons. The zero-order valence-corrected chi connectivity index (χ0v) is 20.5. The van der Waals surface area contributed by atoms with E-state index in [1.54, 1.807) is 0 Å². The molecule has 4 atom stereocenters. The molecule has 3 heteroatoms. The van der Waals surface area contributed by atoms with E-state index in [0.29, 0.717) is 23.5 Å². The third kappa shape index (κ3) is 4.94. The minimum absolute atomic E-state index is 0.202. The highest BCUT2D eigenvalue weighted by molar-refractivity contribution is 6.69. The summed E-state index contributed by atoms with van der Waals surface area (Å²) in [6.07, 6.45) is 10.0. The molecule has 2 aliphatic carbocycles. The molecular weight excluding hydrogens is 372 g/mol. The van der Waals surface area contributed by atoms with E-state index in [0.717, 1.165) is 19.3 Å². The minimum Gasteiger partial charge on any atom is -0.409 e. The molecule has 2 fully saturated rings. The zero-order chi connectivity index (χ0) is 21.4. The van der Waals surface area contributed by atoms with Crippen LogP contribution in [0.3, 0.4) is 0 Å². The highest BCUT2D eigenvalue weighted by atomic mass is 28.4. The zero-order valence-electron chi connectivity index (χ0n) is 19.5.